The third-order valence-electron chi connectivity index (χ3n) is 3.02. The molecule has 1 unspecified atom stereocenters. The van der Waals surface area contributed by atoms with E-state index in [0.29, 0.717) is 18.0 Å². The molecule has 5 heteroatoms. The van der Waals surface area contributed by atoms with Crippen molar-refractivity contribution in [1.82, 2.24) is 9.88 Å². The summed E-state index contributed by atoms with van der Waals surface area (Å²) in [6, 6.07) is 11.1. The van der Waals surface area contributed by atoms with Gasteiger partial charge in [-0.2, -0.15) is 0 Å². The van der Waals surface area contributed by atoms with Gasteiger partial charge < -0.3 is 15.6 Å². The van der Waals surface area contributed by atoms with E-state index in [-0.39, 0.29) is 6.61 Å². The molecule has 0 bridgehead atoms. The zero-order chi connectivity index (χ0) is 15.1. The highest BCUT2D eigenvalue weighted by atomic mass is 16.5. The molecule has 0 aliphatic rings. The van der Waals surface area contributed by atoms with E-state index in [1.807, 2.05) is 30.3 Å². The van der Waals surface area contributed by atoms with Gasteiger partial charge in [-0.25, -0.2) is 0 Å². The Bertz CT molecular complexity index is 531. The fraction of sp³-hybridized carbons (Fsp3) is 0.312. The second-order valence-corrected chi connectivity index (χ2v) is 5.09. The Kier molecular flexibility index (Phi) is 5.54. The van der Waals surface area contributed by atoms with Crippen molar-refractivity contribution in [2.75, 3.05) is 25.9 Å². The molecule has 0 spiro atoms. The van der Waals surface area contributed by atoms with Crippen molar-refractivity contribution in [3.63, 3.8) is 0 Å². The molecule has 2 rings (SSSR count). The molecule has 0 saturated heterocycles. The number of nitrogen functional groups attached to an aromatic ring is 1. The molecule has 1 heterocycles. The zero-order valence-corrected chi connectivity index (χ0v) is 12.1. The van der Waals surface area contributed by atoms with Gasteiger partial charge in [-0.1, -0.05) is 6.07 Å². The molecule has 1 aromatic heterocycles. The molecule has 0 saturated carbocycles. The molecule has 0 fully saturated rings. The summed E-state index contributed by atoms with van der Waals surface area (Å²) in [5.74, 6) is 0.707. The van der Waals surface area contributed by atoms with Crippen LogP contribution in [0.3, 0.4) is 0 Å². The molecular weight excluding hydrogens is 266 g/mol. The van der Waals surface area contributed by atoms with E-state index >= 15 is 0 Å². The summed E-state index contributed by atoms with van der Waals surface area (Å²) in [7, 11) is 1.96. The Labute approximate surface area is 125 Å². The molecule has 21 heavy (non-hydrogen) atoms. The van der Waals surface area contributed by atoms with Crippen LogP contribution < -0.4 is 10.5 Å². The van der Waals surface area contributed by atoms with Gasteiger partial charge in [0, 0.05) is 31.2 Å². The first-order valence-corrected chi connectivity index (χ1v) is 6.87. The molecule has 0 aliphatic heterocycles. The number of benzene rings is 1. The molecule has 112 valence electrons. The Morgan fingerprint density at radius 3 is 2.71 bits per heavy atom. The Morgan fingerprint density at radius 2 is 2.05 bits per heavy atom. The summed E-state index contributed by atoms with van der Waals surface area (Å²) in [6.45, 7) is 1.53. The van der Waals surface area contributed by atoms with Gasteiger partial charge in [-0.05, 0) is 42.9 Å². The van der Waals surface area contributed by atoms with Crippen LogP contribution in [0.1, 0.15) is 5.56 Å². The SMILES string of the molecule is CN(Cc1cccnc1)CC(O)COc1ccc(N)cc1. The van der Waals surface area contributed by atoms with Crippen molar-refractivity contribution in [2.45, 2.75) is 12.6 Å². The number of nitrogens with zero attached hydrogens (tertiary/aromatic N) is 2. The van der Waals surface area contributed by atoms with Crippen molar-refractivity contribution in [1.29, 1.82) is 0 Å². The minimum absolute atomic E-state index is 0.251. The topological polar surface area (TPSA) is 71.6 Å². The van der Waals surface area contributed by atoms with Crippen LogP contribution in [-0.4, -0.2) is 41.3 Å². The summed E-state index contributed by atoms with van der Waals surface area (Å²) in [5.41, 5.74) is 7.42. The number of hydrogen-bond donors (Lipinski definition) is 2. The monoisotopic (exact) mass is 287 g/mol. The number of ether oxygens (including phenoxy) is 1. The molecule has 2 aromatic rings. The fourth-order valence-electron chi connectivity index (χ4n) is 2.04. The predicted molar refractivity (Wildman–Crippen MR) is 82.9 cm³/mol. The van der Waals surface area contributed by atoms with E-state index in [9.17, 15) is 5.11 Å². The first-order valence-electron chi connectivity index (χ1n) is 6.87. The first kappa shape index (κ1) is 15.3. The lowest BCUT2D eigenvalue weighted by molar-refractivity contribution is 0.0744. The van der Waals surface area contributed by atoms with E-state index in [2.05, 4.69) is 4.98 Å². The third kappa shape index (κ3) is 5.41. The van der Waals surface area contributed by atoms with Crippen LogP contribution in [0.4, 0.5) is 5.69 Å². The van der Waals surface area contributed by atoms with Crippen LogP contribution in [0.25, 0.3) is 0 Å². The predicted octanol–water partition coefficient (Wildman–Crippen LogP) is 1.54. The summed E-state index contributed by atoms with van der Waals surface area (Å²) in [4.78, 5) is 6.11. The summed E-state index contributed by atoms with van der Waals surface area (Å²) in [6.07, 6.45) is 3.02. The third-order valence-corrected chi connectivity index (χ3v) is 3.02. The minimum Gasteiger partial charge on any atom is -0.491 e. The van der Waals surface area contributed by atoms with E-state index < -0.39 is 6.10 Å². The van der Waals surface area contributed by atoms with Crippen molar-refractivity contribution >= 4 is 5.69 Å². The van der Waals surface area contributed by atoms with Crippen LogP contribution in [-0.2, 0) is 6.54 Å². The van der Waals surface area contributed by atoms with Crippen LogP contribution in [0.2, 0.25) is 0 Å². The molecule has 0 aliphatic carbocycles. The van der Waals surface area contributed by atoms with Crippen molar-refractivity contribution < 1.29 is 9.84 Å². The summed E-state index contributed by atoms with van der Waals surface area (Å²) >= 11 is 0. The summed E-state index contributed by atoms with van der Waals surface area (Å²) in [5, 5.41) is 10.0. The lowest BCUT2D eigenvalue weighted by Crippen LogP contribution is -2.32. The maximum absolute atomic E-state index is 10.0. The first-order chi connectivity index (χ1) is 10.1. The number of pyridine rings is 1. The van der Waals surface area contributed by atoms with E-state index in [0.717, 1.165) is 12.1 Å². The van der Waals surface area contributed by atoms with Gasteiger partial charge in [0.25, 0.3) is 0 Å². The second kappa shape index (κ2) is 7.61. The molecule has 0 amide bonds. The lowest BCUT2D eigenvalue weighted by atomic mass is 10.2. The van der Waals surface area contributed by atoms with Gasteiger partial charge >= 0.3 is 0 Å². The molecule has 1 atom stereocenters. The van der Waals surface area contributed by atoms with Gasteiger partial charge in [0.2, 0.25) is 0 Å². The van der Waals surface area contributed by atoms with E-state index in [1.54, 1.807) is 30.5 Å². The van der Waals surface area contributed by atoms with E-state index in [4.69, 9.17) is 10.5 Å². The quantitative estimate of drug-likeness (QED) is 0.756. The highest BCUT2D eigenvalue weighted by Crippen LogP contribution is 2.13. The Balaban J connectivity index is 1.73. The number of anilines is 1. The van der Waals surface area contributed by atoms with Crippen molar-refractivity contribution in [3.05, 3.63) is 54.4 Å². The van der Waals surface area contributed by atoms with Crippen LogP contribution in [0, 0.1) is 0 Å². The van der Waals surface area contributed by atoms with Gasteiger partial charge in [-0.15, -0.1) is 0 Å². The van der Waals surface area contributed by atoms with Gasteiger partial charge in [-0.3, -0.25) is 9.88 Å². The smallest absolute Gasteiger partial charge is 0.119 e. The minimum atomic E-state index is -0.552. The highest BCUT2D eigenvalue weighted by Gasteiger charge is 2.09. The zero-order valence-electron chi connectivity index (χ0n) is 12.1. The fourth-order valence-corrected chi connectivity index (χ4v) is 2.04. The average molecular weight is 287 g/mol. The highest BCUT2D eigenvalue weighted by molar-refractivity contribution is 5.41. The second-order valence-electron chi connectivity index (χ2n) is 5.09. The van der Waals surface area contributed by atoms with Gasteiger partial charge in [0.1, 0.15) is 18.5 Å². The number of rotatable bonds is 7. The number of hydrogen-bond acceptors (Lipinski definition) is 5. The largest absolute Gasteiger partial charge is 0.491 e. The summed E-state index contributed by atoms with van der Waals surface area (Å²) < 4.78 is 5.53. The molecule has 5 nitrogen and oxygen atoms in total. The van der Waals surface area contributed by atoms with Crippen LogP contribution >= 0.6 is 0 Å². The lowest BCUT2D eigenvalue weighted by Gasteiger charge is -2.20. The molecular formula is C16H21N3O2. The standard InChI is InChI=1S/C16H21N3O2/c1-19(10-13-3-2-8-18-9-13)11-15(20)12-21-16-6-4-14(17)5-7-16/h2-9,15,20H,10-12,17H2,1H3. The number of aliphatic hydroxyl groups excluding tert-OH is 1. The number of likely N-dealkylation sites (N-methyl/N-ethyl adjacent to an activating group) is 1. The number of aromatic nitrogens is 1. The normalized spacial score (nSPS) is 12.3. The van der Waals surface area contributed by atoms with Crippen molar-refractivity contribution in [3.8, 4) is 5.75 Å². The van der Waals surface area contributed by atoms with Gasteiger partial charge in [0.15, 0.2) is 0 Å². The number of nitrogens with two attached hydrogens (primary N) is 1. The Morgan fingerprint density at radius 1 is 1.29 bits per heavy atom. The molecule has 0 radical (unpaired) electrons. The van der Waals surface area contributed by atoms with Gasteiger partial charge in [0.05, 0.1) is 0 Å². The Hall–Kier alpha value is -2.11. The molecule has 1 aromatic carbocycles. The van der Waals surface area contributed by atoms with E-state index in [1.165, 1.54) is 0 Å². The number of aliphatic hydroxyl groups is 1. The maximum atomic E-state index is 10.0. The average Bonchev–Trinajstić information content (AvgIpc) is 2.47. The van der Waals surface area contributed by atoms with Crippen molar-refractivity contribution in [2.24, 2.45) is 0 Å². The van der Waals surface area contributed by atoms with Crippen LogP contribution in [0.5, 0.6) is 5.75 Å². The maximum Gasteiger partial charge on any atom is 0.119 e. The van der Waals surface area contributed by atoms with Crippen LogP contribution in [0.15, 0.2) is 48.8 Å². The molecule has 3 N–H and O–H groups in total.